The fourth-order valence-electron chi connectivity index (χ4n) is 3.62. The zero-order chi connectivity index (χ0) is 23.4. The molecule has 3 amide bonds. The number of carbonyl (C=O) groups is 3. The van der Waals surface area contributed by atoms with E-state index in [1.54, 1.807) is 4.90 Å². The van der Waals surface area contributed by atoms with Crippen molar-refractivity contribution < 1.29 is 19.1 Å². The third-order valence-electron chi connectivity index (χ3n) is 5.47. The van der Waals surface area contributed by atoms with Crippen LogP contribution in [0.3, 0.4) is 0 Å². The van der Waals surface area contributed by atoms with Crippen LogP contribution in [0.4, 0.5) is 4.79 Å². The van der Waals surface area contributed by atoms with Gasteiger partial charge in [0.2, 0.25) is 5.91 Å². The predicted octanol–water partition coefficient (Wildman–Crippen LogP) is 3.23. The van der Waals surface area contributed by atoms with Crippen LogP contribution in [0.2, 0.25) is 0 Å². The lowest BCUT2D eigenvalue weighted by Crippen LogP contribution is -2.59. The van der Waals surface area contributed by atoms with Crippen molar-refractivity contribution in [2.75, 3.05) is 20.2 Å². The molecule has 0 heterocycles. The van der Waals surface area contributed by atoms with E-state index in [1.165, 1.54) is 7.11 Å². The number of rotatable bonds is 7. The van der Waals surface area contributed by atoms with Crippen molar-refractivity contribution in [1.82, 2.24) is 15.5 Å². The molecule has 0 aliphatic heterocycles. The molecule has 2 N–H and O–H groups in total. The van der Waals surface area contributed by atoms with Gasteiger partial charge in [0.25, 0.3) is 0 Å². The van der Waals surface area contributed by atoms with Crippen molar-refractivity contribution in [2.45, 2.75) is 71.4 Å². The Labute approximate surface area is 185 Å². The van der Waals surface area contributed by atoms with Crippen LogP contribution in [0.1, 0.15) is 59.9 Å². The van der Waals surface area contributed by atoms with Crippen LogP contribution in [-0.2, 0) is 19.7 Å². The summed E-state index contributed by atoms with van der Waals surface area (Å²) >= 11 is 0. The van der Waals surface area contributed by atoms with Crippen LogP contribution in [0.25, 0.3) is 0 Å². The highest BCUT2D eigenvalue weighted by atomic mass is 16.5. The lowest BCUT2D eigenvalue weighted by molar-refractivity contribution is -0.149. The Morgan fingerprint density at radius 2 is 1.65 bits per heavy atom. The van der Waals surface area contributed by atoms with Crippen molar-refractivity contribution in [1.29, 1.82) is 0 Å². The second-order valence-electron chi connectivity index (χ2n) is 10.6. The minimum Gasteiger partial charge on any atom is -0.468 e. The summed E-state index contributed by atoms with van der Waals surface area (Å²) in [5, 5.41) is 5.68. The van der Waals surface area contributed by atoms with E-state index < -0.39 is 29.0 Å². The molecule has 1 saturated carbocycles. The van der Waals surface area contributed by atoms with Crippen molar-refractivity contribution in [3.8, 4) is 0 Å². The Morgan fingerprint density at radius 1 is 1.06 bits per heavy atom. The topological polar surface area (TPSA) is 87.7 Å². The Balaban J connectivity index is 2.28. The second-order valence-corrected chi connectivity index (χ2v) is 10.6. The average Bonchev–Trinajstić information content (AvgIpc) is 3.44. The molecule has 2 rings (SSSR count). The molecule has 1 aliphatic rings. The van der Waals surface area contributed by atoms with Crippen LogP contribution in [0, 0.1) is 5.41 Å². The summed E-state index contributed by atoms with van der Waals surface area (Å²) in [6, 6.07) is 8.84. The number of carbonyl (C=O) groups excluding carboxylic acids is 3. The van der Waals surface area contributed by atoms with Gasteiger partial charge in [0.1, 0.15) is 12.6 Å². The molecule has 1 fully saturated rings. The predicted molar refractivity (Wildman–Crippen MR) is 121 cm³/mol. The van der Waals surface area contributed by atoms with Crippen molar-refractivity contribution in [3.05, 3.63) is 35.9 Å². The first-order chi connectivity index (χ1) is 14.3. The van der Waals surface area contributed by atoms with Gasteiger partial charge in [-0.2, -0.15) is 0 Å². The number of nitrogens with one attached hydrogen (secondary N) is 2. The molecule has 1 aromatic carbocycles. The molecule has 7 nitrogen and oxygen atoms in total. The molecule has 7 heteroatoms. The van der Waals surface area contributed by atoms with Crippen LogP contribution in [0.15, 0.2) is 30.3 Å². The Bertz CT molecular complexity index is 789. The van der Waals surface area contributed by atoms with Gasteiger partial charge in [-0.15, -0.1) is 0 Å². The highest BCUT2D eigenvalue weighted by Gasteiger charge is 2.48. The maximum atomic E-state index is 13.7. The van der Waals surface area contributed by atoms with Gasteiger partial charge in [0.15, 0.2) is 0 Å². The Kier molecular flexibility index (Phi) is 7.40. The van der Waals surface area contributed by atoms with Gasteiger partial charge in [-0.05, 0) is 44.6 Å². The first-order valence-electron chi connectivity index (χ1n) is 10.8. The quantitative estimate of drug-likeness (QED) is 0.649. The molecule has 0 unspecified atom stereocenters. The van der Waals surface area contributed by atoms with Crippen molar-refractivity contribution in [3.63, 3.8) is 0 Å². The summed E-state index contributed by atoms with van der Waals surface area (Å²) in [6.45, 7) is 11.6. The SMILES string of the molecule is COC(=O)CN(CC1(c2ccccc2)CC1)C(=O)[C@@H](NC(=O)NC(C)(C)C)C(C)(C)C. The minimum absolute atomic E-state index is 0.154. The highest BCUT2D eigenvalue weighted by molar-refractivity contribution is 5.90. The maximum Gasteiger partial charge on any atom is 0.325 e. The standard InChI is InChI=1S/C24H37N3O4/c1-22(2,3)19(25-21(30)26-23(4,5)6)20(29)27(15-18(28)31-7)16-24(13-14-24)17-11-9-8-10-12-17/h8-12,19H,13-16H2,1-7H3,(H2,25,26,30)/t19-/m1/s1. The third kappa shape index (κ3) is 6.97. The first-order valence-corrected chi connectivity index (χ1v) is 10.8. The normalized spacial score (nSPS) is 16.1. The van der Waals surface area contributed by atoms with Crippen molar-refractivity contribution in [2.24, 2.45) is 5.41 Å². The smallest absolute Gasteiger partial charge is 0.325 e. The van der Waals surface area contributed by atoms with E-state index in [-0.39, 0.29) is 17.9 Å². The highest BCUT2D eigenvalue weighted by Crippen LogP contribution is 2.48. The first kappa shape index (κ1) is 24.7. The Hall–Kier alpha value is -2.57. The molecule has 1 aliphatic carbocycles. The molecule has 172 valence electrons. The van der Waals surface area contributed by atoms with Crippen LogP contribution >= 0.6 is 0 Å². The van der Waals surface area contributed by atoms with Crippen LogP contribution in [-0.4, -0.2) is 54.6 Å². The average molecular weight is 432 g/mol. The summed E-state index contributed by atoms with van der Waals surface area (Å²) in [7, 11) is 1.31. The number of amides is 3. The number of nitrogens with zero attached hydrogens (tertiary/aromatic N) is 1. The monoisotopic (exact) mass is 431 g/mol. The van der Waals surface area contributed by atoms with E-state index in [1.807, 2.05) is 59.7 Å². The van der Waals surface area contributed by atoms with E-state index in [0.29, 0.717) is 6.54 Å². The van der Waals surface area contributed by atoms with Crippen LogP contribution < -0.4 is 10.6 Å². The summed E-state index contributed by atoms with van der Waals surface area (Å²) in [5.41, 5.74) is 0.00101. The maximum absolute atomic E-state index is 13.7. The number of methoxy groups -OCH3 is 1. The summed E-state index contributed by atoms with van der Waals surface area (Å²) in [5.74, 6) is -0.770. The molecule has 0 bridgehead atoms. The molecule has 0 spiro atoms. The van der Waals surface area contributed by atoms with Gasteiger partial charge in [0, 0.05) is 17.5 Å². The molecule has 1 atom stereocenters. The van der Waals surface area contributed by atoms with E-state index in [0.717, 1.165) is 18.4 Å². The largest absolute Gasteiger partial charge is 0.468 e. The van der Waals surface area contributed by atoms with Gasteiger partial charge in [-0.25, -0.2) is 4.79 Å². The lowest BCUT2D eigenvalue weighted by Gasteiger charge is -2.36. The van der Waals surface area contributed by atoms with E-state index in [2.05, 4.69) is 22.8 Å². The van der Waals surface area contributed by atoms with Gasteiger partial charge in [-0.3, -0.25) is 9.59 Å². The number of benzene rings is 1. The van der Waals surface area contributed by atoms with Crippen LogP contribution in [0.5, 0.6) is 0 Å². The molecule has 1 aromatic rings. The van der Waals surface area contributed by atoms with E-state index >= 15 is 0 Å². The molecular weight excluding hydrogens is 394 g/mol. The molecule has 0 saturated heterocycles. The fourth-order valence-corrected chi connectivity index (χ4v) is 3.62. The number of urea groups is 1. The van der Waals surface area contributed by atoms with Gasteiger partial charge in [-0.1, -0.05) is 51.1 Å². The lowest BCUT2D eigenvalue weighted by atomic mass is 9.85. The van der Waals surface area contributed by atoms with Crippen molar-refractivity contribution >= 4 is 17.9 Å². The Morgan fingerprint density at radius 3 is 2.10 bits per heavy atom. The zero-order valence-corrected chi connectivity index (χ0v) is 19.9. The summed E-state index contributed by atoms with van der Waals surface area (Å²) in [6.07, 6.45) is 1.89. The minimum atomic E-state index is -0.800. The molecular formula is C24H37N3O4. The van der Waals surface area contributed by atoms with Gasteiger partial charge >= 0.3 is 12.0 Å². The fraction of sp³-hybridized carbons (Fsp3) is 0.625. The second kappa shape index (κ2) is 9.28. The third-order valence-corrected chi connectivity index (χ3v) is 5.47. The number of ether oxygens (including phenoxy) is 1. The number of hydrogen-bond acceptors (Lipinski definition) is 4. The summed E-state index contributed by atoms with van der Waals surface area (Å²) < 4.78 is 4.85. The zero-order valence-electron chi connectivity index (χ0n) is 19.9. The van der Waals surface area contributed by atoms with Gasteiger partial charge < -0.3 is 20.3 Å². The van der Waals surface area contributed by atoms with E-state index in [9.17, 15) is 14.4 Å². The molecule has 31 heavy (non-hydrogen) atoms. The number of esters is 1. The van der Waals surface area contributed by atoms with E-state index in [4.69, 9.17) is 4.74 Å². The number of hydrogen-bond donors (Lipinski definition) is 2. The van der Waals surface area contributed by atoms with Gasteiger partial charge in [0.05, 0.1) is 7.11 Å². The molecule has 0 radical (unpaired) electrons. The molecule has 0 aromatic heterocycles. The summed E-state index contributed by atoms with van der Waals surface area (Å²) in [4.78, 5) is 39.9.